The summed E-state index contributed by atoms with van der Waals surface area (Å²) in [6.07, 6.45) is 2.23. The number of fused-ring (bicyclic) bond motifs is 1. The molecular weight excluding hydrogens is 336 g/mol. The molecule has 126 valence electrons. The number of benzene rings is 2. The van der Waals surface area contributed by atoms with Crippen LogP contribution in [0.25, 0.3) is 11.3 Å². The van der Waals surface area contributed by atoms with Crippen molar-refractivity contribution in [1.29, 1.82) is 0 Å². The van der Waals surface area contributed by atoms with E-state index in [1.807, 2.05) is 41.3 Å². The number of halogens is 1. The summed E-state index contributed by atoms with van der Waals surface area (Å²) in [5.41, 5.74) is 3.76. The number of aromatic nitrogens is 1. The van der Waals surface area contributed by atoms with Gasteiger partial charge in [0.1, 0.15) is 0 Å². The van der Waals surface area contributed by atoms with Crippen molar-refractivity contribution < 1.29 is 9.32 Å². The van der Waals surface area contributed by atoms with Gasteiger partial charge < -0.3 is 9.42 Å². The van der Waals surface area contributed by atoms with Crippen LogP contribution < -0.4 is 4.90 Å². The van der Waals surface area contributed by atoms with E-state index in [4.69, 9.17) is 16.1 Å². The fraction of sp³-hybridized carbons (Fsp3) is 0.200. The van der Waals surface area contributed by atoms with Crippen LogP contribution in [-0.2, 0) is 17.6 Å². The Morgan fingerprint density at radius 3 is 2.80 bits per heavy atom. The van der Waals surface area contributed by atoms with E-state index in [2.05, 4.69) is 11.2 Å². The Balaban J connectivity index is 1.52. The highest BCUT2D eigenvalue weighted by atomic mass is 35.5. The van der Waals surface area contributed by atoms with E-state index in [-0.39, 0.29) is 12.3 Å². The molecule has 0 N–H and O–H groups in total. The molecule has 1 aliphatic rings. The standard InChI is InChI=1S/C20H17ClN2O2/c21-16-9-7-15(8-10-16)19-12-17(22-25-19)13-20(24)23-11-3-5-14-4-1-2-6-18(14)23/h1-2,4,6-10,12H,3,5,11,13H2. The lowest BCUT2D eigenvalue weighted by atomic mass is 10.0. The topological polar surface area (TPSA) is 46.3 Å². The molecule has 0 saturated carbocycles. The minimum Gasteiger partial charge on any atom is -0.356 e. The summed E-state index contributed by atoms with van der Waals surface area (Å²) in [4.78, 5) is 14.6. The van der Waals surface area contributed by atoms with Crippen LogP contribution in [0, 0.1) is 0 Å². The molecule has 0 unspecified atom stereocenters. The first-order valence-electron chi connectivity index (χ1n) is 8.30. The fourth-order valence-corrected chi connectivity index (χ4v) is 3.31. The van der Waals surface area contributed by atoms with E-state index in [1.54, 1.807) is 12.1 Å². The average molecular weight is 353 g/mol. The fourth-order valence-electron chi connectivity index (χ4n) is 3.19. The lowest BCUT2D eigenvalue weighted by Gasteiger charge is -2.29. The Labute approximate surface area is 151 Å². The smallest absolute Gasteiger partial charge is 0.233 e. The third-order valence-corrected chi connectivity index (χ3v) is 4.68. The first-order chi connectivity index (χ1) is 12.2. The summed E-state index contributed by atoms with van der Waals surface area (Å²) < 4.78 is 5.38. The second-order valence-corrected chi connectivity index (χ2v) is 6.58. The largest absolute Gasteiger partial charge is 0.356 e. The monoisotopic (exact) mass is 352 g/mol. The zero-order valence-corrected chi connectivity index (χ0v) is 14.4. The molecular formula is C20H17ClN2O2. The quantitative estimate of drug-likeness (QED) is 0.696. The van der Waals surface area contributed by atoms with Crippen molar-refractivity contribution in [3.05, 3.63) is 70.9 Å². The number of para-hydroxylation sites is 1. The third-order valence-electron chi connectivity index (χ3n) is 4.43. The van der Waals surface area contributed by atoms with Crippen LogP contribution in [0.15, 0.2) is 59.1 Å². The molecule has 1 aromatic heterocycles. The van der Waals surface area contributed by atoms with Crippen molar-refractivity contribution >= 4 is 23.2 Å². The second-order valence-electron chi connectivity index (χ2n) is 6.14. The number of amides is 1. The van der Waals surface area contributed by atoms with Crippen molar-refractivity contribution in [2.24, 2.45) is 0 Å². The Morgan fingerprint density at radius 1 is 1.16 bits per heavy atom. The number of rotatable bonds is 3. The van der Waals surface area contributed by atoms with Crippen LogP contribution in [0.4, 0.5) is 5.69 Å². The van der Waals surface area contributed by atoms with Crippen molar-refractivity contribution in [3.8, 4) is 11.3 Å². The van der Waals surface area contributed by atoms with Crippen molar-refractivity contribution in [1.82, 2.24) is 5.16 Å². The van der Waals surface area contributed by atoms with Gasteiger partial charge >= 0.3 is 0 Å². The molecule has 25 heavy (non-hydrogen) atoms. The zero-order valence-electron chi connectivity index (χ0n) is 13.6. The van der Waals surface area contributed by atoms with Crippen LogP contribution in [-0.4, -0.2) is 17.6 Å². The van der Waals surface area contributed by atoms with Gasteiger partial charge in [0.05, 0.1) is 12.1 Å². The summed E-state index contributed by atoms with van der Waals surface area (Å²) in [5.74, 6) is 0.682. The van der Waals surface area contributed by atoms with Crippen LogP contribution >= 0.6 is 11.6 Å². The number of carbonyl (C=O) groups is 1. The van der Waals surface area contributed by atoms with Crippen LogP contribution in [0.1, 0.15) is 17.7 Å². The van der Waals surface area contributed by atoms with Gasteiger partial charge in [0.15, 0.2) is 5.76 Å². The molecule has 4 rings (SSSR count). The van der Waals surface area contributed by atoms with Crippen LogP contribution in [0.5, 0.6) is 0 Å². The summed E-state index contributed by atoms with van der Waals surface area (Å²) in [7, 11) is 0. The lowest BCUT2D eigenvalue weighted by molar-refractivity contribution is -0.118. The first-order valence-corrected chi connectivity index (χ1v) is 8.68. The highest BCUT2D eigenvalue weighted by molar-refractivity contribution is 6.30. The molecule has 1 aliphatic heterocycles. The first kappa shape index (κ1) is 15.9. The van der Waals surface area contributed by atoms with Gasteiger partial charge in [0.25, 0.3) is 0 Å². The molecule has 0 aliphatic carbocycles. The summed E-state index contributed by atoms with van der Waals surface area (Å²) in [6.45, 7) is 0.748. The molecule has 0 spiro atoms. The molecule has 1 amide bonds. The number of hydrogen-bond acceptors (Lipinski definition) is 3. The Kier molecular flexibility index (Phi) is 4.28. The third kappa shape index (κ3) is 3.30. The van der Waals surface area contributed by atoms with Gasteiger partial charge in [0, 0.05) is 28.9 Å². The van der Waals surface area contributed by atoms with E-state index in [1.165, 1.54) is 5.56 Å². The minimum atomic E-state index is 0.0445. The average Bonchev–Trinajstić information content (AvgIpc) is 3.10. The van der Waals surface area contributed by atoms with Crippen molar-refractivity contribution in [2.45, 2.75) is 19.3 Å². The molecule has 0 saturated heterocycles. The second kappa shape index (κ2) is 6.73. The predicted octanol–water partition coefficient (Wildman–Crippen LogP) is 4.52. The van der Waals surface area contributed by atoms with Crippen molar-refractivity contribution in [2.75, 3.05) is 11.4 Å². The van der Waals surface area contributed by atoms with Crippen LogP contribution in [0.2, 0.25) is 5.02 Å². The molecule has 2 heterocycles. The van der Waals surface area contributed by atoms with E-state index in [0.717, 1.165) is 30.6 Å². The maximum Gasteiger partial charge on any atom is 0.233 e. The number of anilines is 1. The van der Waals surface area contributed by atoms with Gasteiger partial charge in [-0.2, -0.15) is 0 Å². The Morgan fingerprint density at radius 2 is 1.96 bits per heavy atom. The molecule has 4 nitrogen and oxygen atoms in total. The zero-order chi connectivity index (χ0) is 17.2. The molecule has 3 aromatic rings. The molecule has 0 radical (unpaired) electrons. The highest BCUT2D eigenvalue weighted by Gasteiger charge is 2.23. The van der Waals surface area contributed by atoms with Crippen LogP contribution in [0.3, 0.4) is 0 Å². The van der Waals surface area contributed by atoms with Gasteiger partial charge in [-0.05, 0) is 48.7 Å². The molecule has 0 bridgehead atoms. The molecule has 5 heteroatoms. The number of carbonyl (C=O) groups excluding carboxylic acids is 1. The SMILES string of the molecule is O=C(Cc1cc(-c2ccc(Cl)cc2)on1)N1CCCc2ccccc21. The summed E-state index contributed by atoms with van der Waals surface area (Å²) in [6, 6.07) is 17.2. The number of aryl methyl sites for hydroxylation is 1. The minimum absolute atomic E-state index is 0.0445. The lowest BCUT2D eigenvalue weighted by Crippen LogP contribution is -2.36. The van der Waals surface area contributed by atoms with Gasteiger partial charge in [-0.3, -0.25) is 4.79 Å². The summed E-state index contributed by atoms with van der Waals surface area (Å²) >= 11 is 5.90. The van der Waals surface area contributed by atoms with E-state index < -0.39 is 0 Å². The maximum absolute atomic E-state index is 12.7. The van der Waals surface area contributed by atoms with E-state index >= 15 is 0 Å². The Hall–Kier alpha value is -2.59. The number of nitrogens with zero attached hydrogens (tertiary/aromatic N) is 2. The van der Waals surface area contributed by atoms with Gasteiger partial charge in [0.2, 0.25) is 5.91 Å². The maximum atomic E-state index is 12.7. The van der Waals surface area contributed by atoms with E-state index in [0.29, 0.717) is 16.5 Å². The number of hydrogen-bond donors (Lipinski definition) is 0. The molecule has 0 fully saturated rings. The predicted molar refractivity (Wildman–Crippen MR) is 97.8 cm³/mol. The van der Waals surface area contributed by atoms with Gasteiger partial charge in [-0.1, -0.05) is 35.0 Å². The van der Waals surface area contributed by atoms with Gasteiger partial charge in [-0.15, -0.1) is 0 Å². The Bertz CT molecular complexity index is 902. The van der Waals surface area contributed by atoms with Crippen molar-refractivity contribution in [3.63, 3.8) is 0 Å². The molecule has 0 atom stereocenters. The summed E-state index contributed by atoms with van der Waals surface area (Å²) in [5, 5.41) is 4.72. The van der Waals surface area contributed by atoms with Gasteiger partial charge in [-0.25, -0.2) is 0 Å². The van der Waals surface area contributed by atoms with E-state index in [9.17, 15) is 4.79 Å². The molecule has 2 aromatic carbocycles. The highest BCUT2D eigenvalue weighted by Crippen LogP contribution is 2.28. The normalized spacial score (nSPS) is 13.6.